The van der Waals surface area contributed by atoms with Crippen LogP contribution in [-0.4, -0.2) is 57.0 Å². The van der Waals surface area contributed by atoms with E-state index in [0.717, 1.165) is 36.1 Å². The molecule has 3 atom stereocenters. The average Bonchev–Trinajstić information content (AvgIpc) is 3.04. The first-order valence-corrected chi connectivity index (χ1v) is 12.5. The van der Waals surface area contributed by atoms with Crippen LogP contribution in [0.5, 0.6) is 0 Å². The maximum absolute atomic E-state index is 14.3. The van der Waals surface area contributed by atoms with Crippen molar-refractivity contribution in [3.05, 3.63) is 28.2 Å². The number of ether oxygens (including phenoxy) is 2. The Labute approximate surface area is 192 Å². The molecule has 0 aromatic heterocycles. The lowest BCUT2D eigenvalue weighted by Crippen LogP contribution is -2.53. The summed E-state index contributed by atoms with van der Waals surface area (Å²) < 4.78 is 62.1. The van der Waals surface area contributed by atoms with Gasteiger partial charge in [0, 0.05) is 30.2 Å². The Bertz CT molecular complexity index is 980. The molecule has 3 rings (SSSR count). The molecule has 2 fully saturated rings. The highest BCUT2D eigenvalue weighted by Crippen LogP contribution is 2.33. The molecule has 2 aliphatic rings. The Morgan fingerprint density at radius 3 is 2.56 bits per heavy atom. The number of amides is 2. The molecule has 0 spiro atoms. The Morgan fingerprint density at radius 2 is 2.00 bits per heavy atom. The zero-order valence-corrected chi connectivity index (χ0v) is 19.8. The van der Waals surface area contributed by atoms with Crippen LogP contribution in [0.25, 0.3) is 0 Å². The van der Waals surface area contributed by atoms with Crippen LogP contribution in [0.2, 0.25) is 0 Å². The van der Waals surface area contributed by atoms with E-state index in [0.29, 0.717) is 13.0 Å². The molecule has 2 saturated heterocycles. The van der Waals surface area contributed by atoms with Crippen LogP contribution in [0.4, 0.5) is 19.3 Å². The number of cyclic esters (lactones) is 1. The molecule has 0 radical (unpaired) electrons. The standard InChI is InChI=1S/C19H23BrF2N2O7S/c1-19(32(2,27)28,17(25)23-31-15-5-3-4-6-29-15)9-12-10-24(18(26)30-12)16-13(21)7-11(20)8-14(16)22/h7-8,12,15H,3-6,9-10H2,1-2H3,(H,23,25)/t12-,15?,19?/m0/s1. The van der Waals surface area contributed by atoms with Crippen molar-refractivity contribution >= 4 is 43.5 Å². The van der Waals surface area contributed by atoms with E-state index in [4.69, 9.17) is 14.3 Å². The smallest absolute Gasteiger partial charge is 0.414 e. The SMILES string of the molecule is CC(C[C@H]1CN(c2c(F)cc(Br)cc2F)C(=O)O1)(C(=O)NOC1CCCCO1)S(C)(=O)=O. The minimum absolute atomic E-state index is 0.142. The van der Waals surface area contributed by atoms with Gasteiger partial charge in [-0.15, -0.1) is 0 Å². The van der Waals surface area contributed by atoms with E-state index in [9.17, 15) is 26.8 Å². The van der Waals surface area contributed by atoms with E-state index in [1.165, 1.54) is 6.92 Å². The summed E-state index contributed by atoms with van der Waals surface area (Å²) in [5.41, 5.74) is 1.51. The van der Waals surface area contributed by atoms with Crippen LogP contribution in [-0.2, 0) is 28.9 Å². The summed E-state index contributed by atoms with van der Waals surface area (Å²) in [6.45, 7) is 1.28. The highest BCUT2D eigenvalue weighted by Gasteiger charge is 2.49. The van der Waals surface area contributed by atoms with Gasteiger partial charge in [0.1, 0.15) is 11.8 Å². The number of halogens is 3. The summed E-state index contributed by atoms with van der Waals surface area (Å²) in [5.74, 6) is -2.97. The molecule has 0 saturated carbocycles. The fraction of sp³-hybridized carbons (Fsp3) is 0.579. The van der Waals surface area contributed by atoms with Gasteiger partial charge in [0.15, 0.2) is 32.5 Å². The lowest BCUT2D eigenvalue weighted by molar-refractivity contribution is -0.201. The van der Waals surface area contributed by atoms with Crippen LogP contribution < -0.4 is 10.4 Å². The fourth-order valence-electron chi connectivity index (χ4n) is 3.48. The van der Waals surface area contributed by atoms with Gasteiger partial charge in [-0.25, -0.2) is 32.3 Å². The van der Waals surface area contributed by atoms with Crippen molar-refractivity contribution in [1.29, 1.82) is 0 Å². The largest absolute Gasteiger partial charge is 0.444 e. The number of sulfone groups is 1. The van der Waals surface area contributed by atoms with Gasteiger partial charge in [0.05, 0.1) is 6.54 Å². The summed E-state index contributed by atoms with van der Waals surface area (Å²) >= 11 is 2.96. The number of hydroxylamine groups is 1. The van der Waals surface area contributed by atoms with Gasteiger partial charge >= 0.3 is 6.09 Å². The first kappa shape index (κ1) is 24.8. The maximum atomic E-state index is 14.3. The molecular formula is C19H23BrF2N2O7S. The molecule has 1 N–H and O–H groups in total. The van der Waals surface area contributed by atoms with Crippen LogP contribution in [0.3, 0.4) is 0 Å². The van der Waals surface area contributed by atoms with Crippen LogP contribution in [0.15, 0.2) is 16.6 Å². The van der Waals surface area contributed by atoms with E-state index in [-0.39, 0.29) is 11.0 Å². The lowest BCUT2D eigenvalue weighted by Gasteiger charge is -2.29. The molecule has 2 heterocycles. The van der Waals surface area contributed by atoms with Gasteiger partial charge in [0.25, 0.3) is 5.91 Å². The molecule has 2 amide bonds. The minimum Gasteiger partial charge on any atom is -0.444 e. The van der Waals surface area contributed by atoms with Gasteiger partial charge in [-0.2, -0.15) is 0 Å². The average molecular weight is 541 g/mol. The molecule has 9 nitrogen and oxygen atoms in total. The third-order valence-electron chi connectivity index (χ3n) is 5.46. The van der Waals surface area contributed by atoms with Gasteiger partial charge < -0.3 is 9.47 Å². The molecule has 2 unspecified atom stereocenters. The molecular weight excluding hydrogens is 518 g/mol. The molecule has 1 aromatic rings. The van der Waals surface area contributed by atoms with E-state index >= 15 is 0 Å². The summed E-state index contributed by atoms with van der Waals surface area (Å²) in [4.78, 5) is 31.0. The number of nitrogens with zero attached hydrogens (tertiary/aromatic N) is 1. The molecule has 32 heavy (non-hydrogen) atoms. The number of carbonyl (C=O) groups is 2. The number of anilines is 1. The molecule has 0 bridgehead atoms. The Kier molecular flexibility index (Phi) is 7.42. The van der Waals surface area contributed by atoms with E-state index in [2.05, 4.69) is 21.4 Å². The van der Waals surface area contributed by atoms with Gasteiger partial charge in [-0.1, -0.05) is 15.9 Å². The first-order valence-electron chi connectivity index (χ1n) is 9.82. The summed E-state index contributed by atoms with van der Waals surface area (Å²) in [6.07, 6.45) is -0.228. The number of hydrogen-bond acceptors (Lipinski definition) is 7. The van der Waals surface area contributed by atoms with E-state index in [1.807, 2.05) is 0 Å². The Balaban J connectivity index is 1.75. The molecule has 2 aliphatic heterocycles. The van der Waals surface area contributed by atoms with Crippen molar-refractivity contribution < 1.29 is 41.1 Å². The number of benzene rings is 1. The van der Waals surface area contributed by atoms with Gasteiger partial charge in [0.2, 0.25) is 0 Å². The highest BCUT2D eigenvalue weighted by molar-refractivity contribution is 9.10. The quantitative estimate of drug-likeness (QED) is 0.529. The third-order valence-corrected chi connectivity index (χ3v) is 7.91. The van der Waals surface area contributed by atoms with Crippen molar-refractivity contribution in [2.24, 2.45) is 0 Å². The normalized spacial score (nSPS) is 23.5. The number of rotatable bonds is 7. The number of carbonyl (C=O) groups excluding carboxylic acids is 2. The monoisotopic (exact) mass is 540 g/mol. The topological polar surface area (TPSA) is 111 Å². The van der Waals surface area contributed by atoms with Crippen LogP contribution in [0, 0.1) is 11.6 Å². The predicted molar refractivity (Wildman–Crippen MR) is 112 cm³/mol. The predicted octanol–water partition coefficient (Wildman–Crippen LogP) is 2.82. The summed E-state index contributed by atoms with van der Waals surface area (Å²) in [7, 11) is -4.02. The van der Waals surface area contributed by atoms with Crippen LogP contribution in [0.1, 0.15) is 32.6 Å². The van der Waals surface area contributed by atoms with Crippen molar-refractivity contribution in [1.82, 2.24) is 5.48 Å². The maximum Gasteiger partial charge on any atom is 0.414 e. The van der Waals surface area contributed by atoms with E-state index < -0.39 is 62.7 Å². The molecule has 0 aliphatic carbocycles. The second-order valence-electron chi connectivity index (χ2n) is 7.89. The fourth-order valence-corrected chi connectivity index (χ4v) is 4.75. The number of hydrogen-bond donors (Lipinski definition) is 1. The number of nitrogens with one attached hydrogen (secondary N) is 1. The molecule has 13 heteroatoms. The van der Waals surface area contributed by atoms with Crippen molar-refractivity contribution in [2.45, 2.75) is 49.7 Å². The molecule has 1 aromatic carbocycles. The Morgan fingerprint density at radius 1 is 1.34 bits per heavy atom. The summed E-state index contributed by atoms with van der Waals surface area (Å²) in [5, 5.41) is 0. The van der Waals surface area contributed by atoms with Crippen molar-refractivity contribution in [3.8, 4) is 0 Å². The third kappa shape index (κ3) is 5.21. The van der Waals surface area contributed by atoms with Gasteiger partial charge in [-0.05, 0) is 31.9 Å². The Hall–Kier alpha value is -1.83. The first-order chi connectivity index (χ1) is 14.9. The minimum atomic E-state index is -4.02. The highest BCUT2D eigenvalue weighted by atomic mass is 79.9. The lowest BCUT2D eigenvalue weighted by atomic mass is 10.0. The second-order valence-corrected chi connectivity index (χ2v) is 11.2. The molecule has 178 valence electrons. The zero-order chi connectivity index (χ0) is 23.7. The summed E-state index contributed by atoms with van der Waals surface area (Å²) in [6, 6.07) is 1.97. The van der Waals surface area contributed by atoms with Crippen LogP contribution >= 0.6 is 15.9 Å². The second kappa shape index (κ2) is 9.57. The van der Waals surface area contributed by atoms with E-state index in [1.54, 1.807) is 0 Å². The zero-order valence-electron chi connectivity index (χ0n) is 17.4. The van der Waals surface area contributed by atoms with Gasteiger partial charge in [-0.3, -0.25) is 9.69 Å². The van der Waals surface area contributed by atoms with Crippen molar-refractivity contribution in [2.75, 3.05) is 24.3 Å². The van der Waals surface area contributed by atoms with Crippen molar-refractivity contribution in [3.63, 3.8) is 0 Å².